The molecule has 1 fully saturated rings. The summed E-state index contributed by atoms with van der Waals surface area (Å²) < 4.78 is 1.69. The summed E-state index contributed by atoms with van der Waals surface area (Å²) in [6.07, 6.45) is 4.53. The number of nitrogens with zero attached hydrogens (tertiary/aromatic N) is 3. The van der Waals surface area contributed by atoms with Gasteiger partial charge in [-0.05, 0) is 12.0 Å². The molecule has 2 amide bonds. The van der Waals surface area contributed by atoms with E-state index >= 15 is 0 Å². The van der Waals surface area contributed by atoms with Crippen molar-refractivity contribution in [3.05, 3.63) is 18.0 Å². The largest absolute Gasteiger partial charge is 0.285 e. The molecule has 0 bridgehead atoms. The number of carbonyl (C=O) groups is 2. The summed E-state index contributed by atoms with van der Waals surface area (Å²) in [5, 5.41) is 4.03. The zero-order chi connectivity index (χ0) is 11.0. The molecule has 1 aliphatic heterocycles. The van der Waals surface area contributed by atoms with Crippen molar-refractivity contribution < 1.29 is 9.59 Å². The quantitative estimate of drug-likeness (QED) is 0.640. The standard InChI is InChI=1S/C10H13N3O2/c1-12-6-7(5-11-12)3-8-4-9(14)13(2)10(8)15/h5-6,8H,3-4H2,1-2H3. The van der Waals surface area contributed by atoms with E-state index in [1.807, 2.05) is 13.2 Å². The van der Waals surface area contributed by atoms with Gasteiger partial charge in [0.05, 0.1) is 12.1 Å². The third-order valence-corrected chi connectivity index (χ3v) is 2.72. The number of carbonyl (C=O) groups excluding carboxylic acids is 2. The average Bonchev–Trinajstić information content (AvgIpc) is 2.68. The van der Waals surface area contributed by atoms with Crippen molar-refractivity contribution in [1.82, 2.24) is 14.7 Å². The average molecular weight is 207 g/mol. The van der Waals surface area contributed by atoms with E-state index in [9.17, 15) is 9.59 Å². The summed E-state index contributed by atoms with van der Waals surface area (Å²) in [5.74, 6) is -0.371. The molecule has 80 valence electrons. The maximum Gasteiger partial charge on any atom is 0.232 e. The molecule has 1 saturated heterocycles. The van der Waals surface area contributed by atoms with Gasteiger partial charge in [0.1, 0.15) is 0 Å². The molecular formula is C10H13N3O2. The molecule has 2 rings (SSSR count). The molecule has 5 heteroatoms. The van der Waals surface area contributed by atoms with Gasteiger partial charge in [0.25, 0.3) is 0 Å². The first kappa shape index (κ1) is 9.89. The summed E-state index contributed by atoms with van der Waals surface area (Å²) in [6.45, 7) is 0. The lowest BCUT2D eigenvalue weighted by molar-refractivity contribution is -0.137. The molecule has 2 heterocycles. The van der Waals surface area contributed by atoms with E-state index in [1.165, 1.54) is 11.9 Å². The Morgan fingerprint density at radius 1 is 1.47 bits per heavy atom. The Morgan fingerprint density at radius 2 is 2.20 bits per heavy atom. The van der Waals surface area contributed by atoms with Gasteiger partial charge in [-0.2, -0.15) is 5.10 Å². The van der Waals surface area contributed by atoms with E-state index in [0.29, 0.717) is 12.8 Å². The highest BCUT2D eigenvalue weighted by molar-refractivity contribution is 6.03. The SMILES string of the molecule is CN1C(=O)CC(Cc2cnn(C)c2)C1=O. The molecule has 1 unspecified atom stereocenters. The molecule has 1 aliphatic rings. The van der Waals surface area contributed by atoms with Crippen LogP contribution in [0.3, 0.4) is 0 Å². The van der Waals surface area contributed by atoms with Gasteiger partial charge in [0.2, 0.25) is 11.8 Å². The summed E-state index contributed by atoms with van der Waals surface area (Å²) in [5.41, 5.74) is 0.999. The maximum absolute atomic E-state index is 11.6. The van der Waals surface area contributed by atoms with Crippen molar-refractivity contribution in [3.8, 4) is 0 Å². The fourth-order valence-electron chi connectivity index (χ4n) is 1.85. The van der Waals surface area contributed by atoms with Crippen molar-refractivity contribution in [2.75, 3.05) is 7.05 Å². The molecular weight excluding hydrogens is 194 g/mol. The van der Waals surface area contributed by atoms with Crippen molar-refractivity contribution in [2.24, 2.45) is 13.0 Å². The number of rotatable bonds is 2. The first-order valence-corrected chi connectivity index (χ1v) is 4.86. The Bertz CT molecular complexity index is 411. The molecule has 0 spiro atoms. The van der Waals surface area contributed by atoms with E-state index in [1.54, 1.807) is 10.9 Å². The second-order valence-corrected chi connectivity index (χ2v) is 3.92. The van der Waals surface area contributed by atoms with Crippen LogP contribution in [0.5, 0.6) is 0 Å². The van der Waals surface area contributed by atoms with Crippen LogP contribution in [-0.2, 0) is 23.1 Å². The highest BCUT2D eigenvalue weighted by Gasteiger charge is 2.35. The Kier molecular flexibility index (Phi) is 2.30. The molecule has 1 aromatic rings. The second kappa shape index (κ2) is 3.49. The van der Waals surface area contributed by atoms with Gasteiger partial charge in [0.15, 0.2) is 0 Å². The van der Waals surface area contributed by atoms with E-state index in [4.69, 9.17) is 0 Å². The molecule has 0 aliphatic carbocycles. The third kappa shape index (κ3) is 1.77. The topological polar surface area (TPSA) is 55.2 Å². The zero-order valence-electron chi connectivity index (χ0n) is 8.80. The van der Waals surface area contributed by atoms with Crippen LogP contribution < -0.4 is 0 Å². The Morgan fingerprint density at radius 3 is 2.67 bits per heavy atom. The fourth-order valence-corrected chi connectivity index (χ4v) is 1.85. The van der Waals surface area contributed by atoms with Gasteiger partial charge in [-0.3, -0.25) is 19.2 Å². The number of aromatic nitrogens is 2. The van der Waals surface area contributed by atoms with E-state index in [2.05, 4.69) is 5.10 Å². The predicted molar refractivity (Wildman–Crippen MR) is 52.8 cm³/mol. The van der Waals surface area contributed by atoms with E-state index in [0.717, 1.165) is 5.56 Å². The van der Waals surface area contributed by atoms with E-state index < -0.39 is 0 Å². The van der Waals surface area contributed by atoms with Crippen LogP contribution in [0.4, 0.5) is 0 Å². The minimum atomic E-state index is -0.202. The van der Waals surface area contributed by atoms with Crippen LogP contribution in [-0.4, -0.2) is 33.5 Å². The summed E-state index contributed by atoms with van der Waals surface area (Å²) in [4.78, 5) is 24.1. The number of hydrogen-bond donors (Lipinski definition) is 0. The summed E-state index contributed by atoms with van der Waals surface area (Å²) >= 11 is 0. The number of imide groups is 1. The van der Waals surface area contributed by atoms with Crippen LogP contribution in [0.15, 0.2) is 12.4 Å². The van der Waals surface area contributed by atoms with Crippen molar-refractivity contribution >= 4 is 11.8 Å². The lowest BCUT2D eigenvalue weighted by Gasteiger charge is -2.06. The van der Waals surface area contributed by atoms with Crippen LogP contribution in [0.25, 0.3) is 0 Å². The van der Waals surface area contributed by atoms with Crippen LogP contribution >= 0.6 is 0 Å². The number of aryl methyl sites for hydroxylation is 1. The molecule has 0 radical (unpaired) electrons. The predicted octanol–water partition coefficient (Wildman–Crippen LogP) is -0.0325. The third-order valence-electron chi connectivity index (χ3n) is 2.72. The molecule has 5 nitrogen and oxygen atoms in total. The van der Waals surface area contributed by atoms with Gasteiger partial charge < -0.3 is 0 Å². The second-order valence-electron chi connectivity index (χ2n) is 3.92. The maximum atomic E-state index is 11.6. The summed E-state index contributed by atoms with van der Waals surface area (Å²) in [6, 6.07) is 0. The molecule has 15 heavy (non-hydrogen) atoms. The highest BCUT2D eigenvalue weighted by Crippen LogP contribution is 2.21. The first-order valence-electron chi connectivity index (χ1n) is 4.86. The Hall–Kier alpha value is -1.65. The van der Waals surface area contributed by atoms with Gasteiger partial charge >= 0.3 is 0 Å². The normalized spacial score (nSPS) is 21.5. The minimum absolute atomic E-state index is 0.0798. The smallest absolute Gasteiger partial charge is 0.232 e. The number of likely N-dealkylation sites (tertiary alicyclic amines) is 1. The lowest BCUT2D eigenvalue weighted by atomic mass is 10.0. The zero-order valence-corrected chi connectivity index (χ0v) is 8.80. The molecule has 0 aromatic carbocycles. The molecule has 1 atom stereocenters. The monoisotopic (exact) mass is 207 g/mol. The van der Waals surface area contributed by atoms with Crippen LogP contribution in [0.2, 0.25) is 0 Å². The van der Waals surface area contributed by atoms with Crippen molar-refractivity contribution in [1.29, 1.82) is 0 Å². The van der Waals surface area contributed by atoms with Crippen molar-refractivity contribution in [2.45, 2.75) is 12.8 Å². The minimum Gasteiger partial charge on any atom is -0.285 e. The van der Waals surface area contributed by atoms with Gasteiger partial charge in [-0.1, -0.05) is 0 Å². The summed E-state index contributed by atoms with van der Waals surface area (Å²) in [7, 11) is 3.37. The Labute approximate surface area is 87.7 Å². The van der Waals surface area contributed by atoms with Crippen LogP contribution in [0.1, 0.15) is 12.0 Å². The lowest BCUT2D eigenvalue weighted by Crippen LogP contribution is -2.26. The molecule has 1 aromatic heterocycles. The van der Waals surface area contributed by atoms with E-state index in [-0.39, 0.29) is 17.7 Å². The number of amides is 2. The van der Waals surface area contributed by atoms with Gasteiger partial charge in [0, 0.05) is 26.7 Å². The van der Waals surface area contributed by atoms with Gasteiger partial charge in [-0.15, -0.1) is 0 Å². The highest BCUT2D eigenvalue weighted by atomic mass is 16.2. The van der Waals surface area contributed by atoms with Crippen LogP contribution in [0, 0.1) is 5.92 Å². The fraction of sp³-hybridized carbons (Fsp3) is 0.500. The van der Waals surface area contributed by atoms with Crippen molar-refractivity contribution in [3.63, 3.8) is 0 Å². The van der Waals surface area contributed by atoms with Gasteiger partial charge in [-0.25, -0.2) is 0 Å². The number of hydrogen-bond acceptors (Lipinski definition) is 3. The molecule has 0 N–H and O–H groups in total. The molecule has 0 saturated carbocycles. The Balaban J connectivity index is 2.08. The first-order chi connectivity index (χ1) is 7.08.